The number of carbonyl (C=O) groups excluding carboxylic acids is 1. The SMILES string of the molecule is COc1ccc2cccnc2c1N1CCCN(C(CC(=O)N2CCC(C)(O)CC2)c2csc(N3CCOCC3)n2)CC1. The number of aromatic nitrogens is 2. The number of thiazole rings is 1. The number of benzene rings is 1. The van der Waals surface area contributed by atoms with Gasteiger partial charge in [-0.2, -0.15) is 0 Å². The number of rotatable bonds is 7. The molecule has 0 aliphatic carbocycles. The van der Waals surface area contributed by atoms with Crippen LogP contribution in [0.25, 0.3) is 10.9 Å². The number of aliphatic hydroxyl groups is 1. The van der Waals surface area contributed by atoms with Crippen LogP contribution in [0.1, 0.15) is 44.3 Å². The summed E-state index contributed by atoms with van der Waals surface area (Å²) >= 11 is 1.66. The maximum Gasteiger partial charge on any atom is 0.224 e. The molecule has 1 amide bonds. The number of anilines is 2. The van der Waals surface area contributed by atoms with Gasteiger partial charge in [-0.25, -0.2) is 4.98 Å². The number of carbonyl (C=O) groups is 1. The Labute approximate surface area is 251 Å². The summed E-state index contributed by atoms with van der Waals surface area (Å²) in [5.74, 6) is 0.967. The molecule has 5 heterocycles. The van der Waals surface area contributed by atoms with Crippen molar-refractivity contribution in [2.45, 2.75) is 44.2 Å². The van der Waals surface area contributed by atoms with E-state index in [4.69, 9.17) is 19.4 Å². The number of nitrogens with zero attached hydrogens (tertiary/aromatic N) is 6. The van der Waals surface area contributed by atoms with Gasteiger partial charge in [0, 0.05) is 75.7 Å². The lowest BCUT2D eigenvalue weighted by molar-refractivity contribution is -0.136. The lowest BCUT2D eigenvalue weighted by Gasteiger charge is -2.37. The highest BCUT2D eigenvalue weighted by molar-refractivity contribution is 7.13. The summed E-state index contributed by atoms with van der Waals surface area (Å²) in [6, 6.07) is 8.03. The smallest absolute Gasteiger partial charge is 0.224 e. The topological polar surface area (TPSA) is 94.5 Å². The zero-order valence-electron chi connectivity index (χ0n) is 24.7. The highest BCUT2D eigenvalue weighted by Crippen LogP contribution is 2.37. The van der Waals surface area contributed by atoms with Crippen molar-refractivity contribution in [2.75, 3.05) is 82.5 Å². The van der Waals surface area contributed by atoms with E-state index < -0.39 is 5.60 Å². The molecule has 1 N–H and O–H groups in total. The molecule has 10 nitrogen and oxygen atoms in total. The third kappa shape index (κ3) is 6.34. The third-order valence-corrected chi connectivity index (χ3v) is 9.83. The number of piperidine rings is 1. The molecule has 1 unspecified atom stereocenters. The number of likely N-dealkylation sites (tertiary alicyclic amines) is 1. The van der Waals surface area contributed by atoms with Crippen LogP contribution in [-0.4, -0.2) is 109 Å². The third-order valence-electron chi connectivity index (χ3n) is 8.91. The van der Waals surface area contributed by atoms with E-state index in [-0.39, 0.29) is 11.9 Å². The van der Waals surface area contributed by atoms with Crippen LogP contribution in [0.4, 0.5) is 10.8 Å². The number of ether oxygens (including phenoxy) is 2. The zero-order valence-corrected chi connectivity index (χ0v) is 25.5. The highest BCUT2D eigenvalue weighted by Gasteiger charge is 2.34. The lowest BCUT2D eigenvalue weighted by Crippen LogP contribution is -2.46. The largest absolute Gasteiger partial charge is 0.494 e. The van der Waals surface area contributed by atoms with Crippen molar-refractivity contribution in [3.63, 3.8) is 0 Å². The Kier molecular flexibility index (Phi) is 8.80. The van der Waals surface area contributed by atoms with Crippen LogP contribution >= 0.6 is 11.3 Å². The number of hydrogen-bond acceptors (Lipinski definition) is 10. The number of amides is 1. The molecule has 2 aromatic heterocycles. The first-order valence-electron chi connectivity index (χ1n) is 15.1. The molecule has 11 heteroatoms. The minimum Gasteiger partial charge on any atom is -0.494 e. The van der Waals surface area contributed by atoms with Gasteiger partial charge in [-0.05, 0) is 44.4 Å². The Balaban J connectivity index is 1.24. The fourth-order valence-electron chi connectivity index (χ4n) is 6.34. The van der Waals surface area contributed by atoms with Gasteiger partial charge in [-0.3, -0.25) is 14.7 Å². The summed E-state index contributed by atoms with van der Waals surface area (Å²) in [4.78, 5) is 32.5. The molecule has 6 rings (SSSR count). The maximum atomic E-state index is 13.7. The van der Waals surface area contributed by atoms with E-state index in [0.717, 1.165) is 78.9 Å². The summed E-state index contributed by atoms with van der Waals surface area (Å²) in [6.45, 7) is 9.49. The van der Waals surface area contributed by atoms with E-state index in [1.807, 2.05) is 30.2 Å². The van der Waals surface area contributed by atoms with Crippen LogP contribution in [0, 0.1) is 0 Å². The van der Waals surface area contributed by atoms with Crippen LogP contribution in [-0.2, 0) is 9.53 Å². The average molecular weight is 595 g/mol. The van der Waals surface area contributed by atoms with Gasteiger partial charge in [0.25, 0.3) is 0 Å². The van der Waals surface area contributed by atoms with Crippen molar-refractivity contribution < 1.29 is 19.4 Å². The summed E-state index contributed by atoms with van der Waals surface area (Å²) in [7, 11) is 1.72. The summed E-state index contributed by atoms with van der Waals surface area (Å²) in [5, 5.41) is 14.7. The molecule has 0 radical (unpaired) electrons. The molecule has 3 fully saturated rings. The van der Waals surface area contributed by atoms with E-state index in [0.29, 0.717) is 45.6 Å². The van der Waals surface area contributed by atoms with Crippen LogP contribution in [0.2, 0.25) is 0 Å². The van der Waals surface area contributed by atoms with Crippen molar-refractivity contribution in [1.29, 1.82) is 0 Å². The summed E-state index contributed by atoms with van der Waals surface area (Å²) in [6.07, 6.45) is 4.39. The van der Waals surface area contributed by atoms with Crippen molar-refractivity contribution in [1.82, 2.24) is 19.8 Å². The Bertz CT molecular complexity index is 1370. The van der Waals surface area contributed by atoms with Crippen LogP contribution < -0.4 is 14.5 Å². The van der Waals surface area contributed by atoms with Gasteiger partial charge in [0.1, 0.15) is 11.4 Å². The molecule has 3 saturated heterocycles. The minimum absolute atomic E-state index is 0.113. The predicted molar refractivity (Wildman–Crippen MR) is 166 cm³/mol. The van der Waals surface area contributed by atoms with Gasteiger partial charge in [0.2, 0.25) is 5.91 Å². The minimum atomic E-state index is -0.691. The Hall–Kier alpha value is -2.99. The van der Waals surface area contributed by atoms with Gasteiger partial charge < -0.3 is 29.3 Å². The first-order chi connectivity index (χ1) is 20.4. The number of pyridine rings is 1. The predicted octanol–water partition coefficient (Wildman–Crippen LogP) is 3.55. The fraction of sp³-hybridized carbons (Fsp3) is 0.581. The number of methoxy groups -OCH3 is 1. The molecule has 3 aliphatic rings. The zero-order chi connectivity index (χ0) is 29.1. The Morgan fingerprint density at radius 2 is 1.88 bits per heavy atom. The molecule has 0 spiro atoms. The lowest BCUT2D eigenvalue weighted by atomic mass is 9.93. The van der Waals surface area contributed by atoms with Crippen molar-refractivity contribution in [2.24, 2.45) is 0 Å². The molecule has 3 aromatic rings. The number of morpholine rings is 1. The van der Waals surface area contributed by atoms with Gasteiger partial charge in [-0.15, -0.1) is 11.3 Å². The van der Waals surface area contributed by atoms with Crippen LogP contribution in [0.15, 0.2) is 35.8 Å². The van der Waals surface area contributed by atoms with Crippen LogP contribution in [0.5, 0.6) is 5.75 Å². The Morgan fingerprint density at radius 1 is 1.07 bits per heavy atom. The molecular weight excluding hydrogens is 552 g/mol. The number of hydrogen-bond donors (Lipinski definition) is 1. The van der Waals surface area contributed by atoms with Gasteiger partial charge >= 0.3 is 0 Å². The van der Waals surface area contributed by atoms with Crippen molar-refractivity contribution >= 4 is 39.0 Å². The molecule has 0 saturated carbocycles. The standard InChI is InChI=1S/C31H42N6O4S/c1-31(39)8-13-35(14-9-31)27(38)21-25(24-22-42-30(33-24)37-17-19-41-20-18-37)34-11-4-12-36(16-15-34)29-26(40-2)7-6-23-5-3-10-32-28(23)29/h3,5-7,10,22,25,39H,4,8-9,11-21H2,1-2H3. The molecule has 1 atom stereocenters. The molecule has 0 bridgehead atoms. The Morgan fingerprint density at radius 3 is 2.67 bits per heavy atom. The maximum absolute atomic E-state index is 13.7. The van der Waals surface area contributed by atoms with Crippen LogP contribution in [0.3, 0.4) is 0 Å². The highest BCUT2D eigenvalue weighted by atomic mass is 32.1. The van der Waals surface area contributed by atoms with Gasteiger partial charge in [0.05, 0.1) is 43.2 Å². The molecule has 42 heavy (non-hydrogen) atoms. The van der Waals surface area contributed by atoms with E-state index >= 15 is 0 Å². The normalized spacial score (nSPS) is 20.9. The first-order valence-corrected chi connectivity index (χ1v) is 16.0. The first kappa shape index (κ1) is 29.1. The van der Waals surface area contributed by atoms with Gasteiger partial charge in [-0.1, -0.05) is 6.07 Å². The van der Waals surface area contributed by atoms with Crippen molar-refractivity contribution in [3.05, 3.63) is 41.5 Å². The second-order valence-electron chi connectivity index (χ2n) is 11.8. The molecule has 226 valence electrons. The van der Waals surface area contributed by atoms with E-state index in [1.165, 1.54) is 0 Å². The fourth-order valence-corrected chi connectivity index (χ4v) is 7.26. The average Bonchev–Trinajstić information content (AvgIpc) is 3.38. The monoisotopic (exact) mass is 594 g/mol. The molecular formula is C31H42N6O4S. The van der Waals surface area contributed by atoms with E-state index in [2.05, 4.69) is 32.2 Å². The molecule has 3 aliphatic heterocycles. The second-order valence-corrected chi connectivity index (χ2v) is 12.7. The van der Waals surface area contributed by atoms with E-state index in [9.17, 15) is 9.90 Å². The summed E-state index contributed by atoms with van der Waals surface area (Å²) in [5.41, 5.74) is 2.27. The van der Waals surface area contributed by atoms with Crippen molar-refractivity contribution in [3.8, 4) is 5.75 Å². The molecule has 1 aromatic carbocycles. The summed E-state index contributed by atoms with van der Waals surface area (Å²) < 4.78 is 11.4. The quantitative estimate of drug-likeness (QED) is 0.441. The number of fused-ring (bicyclic) bond motifs is 1. The van der Waals surface area contributed by atoms with Gasteiger partial charge in [0.15, 0.2) is 5.13 Å². The van der Waals surface area contributed by atoms with E-state index in [1.54, 1.807) is 18.4 Å². The second kappa shape index (κ2) is 12.7.